The maximum Gasteiger partial charge on any atom is 0.407 e. The molecule has 1 aliphatic rings. The predicted octanol–water partition coefficient (Wildman–Crippen LogP) is 5.07. The fourth-order valence-electron chi connectivity index (χ4n) is 2.45. The van der Waals surface area contributed by atoms with Gasteiger partial charge in [-0.2, -0.15) is 0 Å². The number of halogens is 3. The molecule has 0 spiro atoms. The van der Waals surface area contributed by atoms with E-state index in [0.29, 0.717) is 12.2 Å². The van der Waals surface area contributed by atoms with Crippen LogP contribution in [0.3, 0.4) is 0 Å². The van der Waals surface area contributed by atoms with E-state index in [1.165, 1.54) is 6.07 Å². The molecule has 0 aromatic heterocycles. The van der Waals surface area contributed by atoms with Crippen LogP contribution in [0.5, 0.6) is 5.75 Å². The highest BCUT2D eigenvalue weighted by Crippen LogP contribution is 2.34. The molecule has 2 atom stereocenters. The molecule has 1 aliphatic carbocycles. The Hall–Kier alpha value is -1.01. The van der Waals surface area contributed by atoms with Crippen molar-refractivity contribution in [2.24, 2.45) is 0 Å². The van der Waals surface area contributed by atoms with Gasteiger partial charge in [0.25, 0.3) is 0 Å². The third-order valence-corrected chi connectivity index (χ3v) is 4.35. The van der Waals surface area contributed by atoms with E-state index >= 15 is 0 Å². The lowest BCUT2D eigenvalue weighted by Gasteiger charge is -2.22. The second-order valence-corrected chi connectivity index (χ2v) is 7.83. The van der Waals surface area contributed by atoms with Crippen molar-refractivity contribution in [1.29, 1.82) is 0 Å². The topological polar surface area (TPSA) is 47.6 Å². The summed E-state index contributed by atoms with van der Waals surface area (Å²) in [6.45, 7) is 5.45. The van der Waals surface area contributed by atoms with E-state index in [1.807, 2.05) is 20.8 Å². The molecule has 0 heterocycles. The van der Waals surface area contributed by atoms with Crippen LogP contribution >= 0.6 is 27.5 Å². The van der Waals surface area contributed by atoms with Crippen LogP contribution in [0.2, 0.25) is 5.02 Å². The van der Waals surface area contributed by atoms with E-state index < -0.39 is 17.5 Å². The maximum atomic E-state index is 13.6. The lowest BCUT2D eigenvalue weighted by atomic mass is 10.2. The molecule has 4 nitrogen and oxygen atoms in total. The number of hydrogen-bond donors (Lipinski definition) is 1. The first-order valence-corrected chi connectivity index (χ1v) is 8.62. The van der Waals surface area contributed by atoms with E-state index in [4.69, 9.17) is 21.1 Å². The number of ether oxygens (including phenoxy) is 2. The van der Waals surface area contributed by atoms with Crippen LogP contribution in [-0.4, -0.2) is 23.8 Å². The Bertz CT molecular complexity index is 591. The van der Waals surface area contributed by atoms with Crippen LogP contribution < -0.4 is 10.1 Å². The maximum absolute atomic E-state index is 13.6. The molecule has 23 heavy (non-hydrogen) atoms. The van der Waals surface area contributed by atoms with Crippen molar-refractivity contribution in [3.05, 3.63) is 27.4 Å². The van der Waals surface area contributed by atoms with Gasteiger partial charge in [0.15, 0.2) is 0 Å². The molecule has 0 bridgehead atoms. The molecule has 7 heteroatoms. The van der Waals surface area contributed by atoms with E-state index in [2.05, 4.69) is 21.2 Å². The summed E-state index contributed by atoms with van der Waals surface area (Å²) in [6, 6.07) is 2.78. The second-order valence-electron chi connectivity index (χ2n) is 6.60. The summed E-state index contributed by atoms with van der Waals surface area (Å²) in [5.74, 6) is -0.0909. The smallest absolute Gasteiger partial charge is 0.407 e. The summed E-state index contributed by atoms with van der Waals surface area (Å²) >= 11 is 9.01. The summed E-state index contributed by atoms with van der Waals surface area (Å²) in [6.07, 6.45) is 1.65. The molecule has 1 aromatic carbocycles. The van der Waals surface area contributed by atoms with Crippen LogP contribution in [0.15, 0.2) is 16.6 Å². The van der Waals surface area contributed by atoms with Crippen molar-refractivity contribution in [2.75, 3.05) is 0 Å². The van der Waals surface area contributed by atoms with Gasteiger partial charge in [0.2, 0.25) is 0 Å². The molecular weight excluding hydrogens is 389 g/mol. The fourth-order valence-corrected chi connectivity index (χ4v) is 2.97. The molecule has 0 saturated heterocycles. The third-order valence-electron chi connectivity index (χ3n) is 3.36. The van der Waals surface area contributed by atoms with Crippen LogP contribution in [0.4, 0.5) is 9.18 Å². The summed E-state index contributed by atoms with van der Waals surface area (Å²) in [5.41, 5.74) is -0.526. The number of hydrogen-bond acceptors (Lipinski definition) is 3. The largest absolute Gasteiger partial charge is 0.489 e. The summed E-state index contributed by atoms with van der Waals surface area (Å²) < 4.78 is 24.9. The highest BCUT2D eigenvalue weighted by atomic mass is 79.9. The molecular formula is C16H20BrClFNO3. The molecule has 0 radical (unpaired) electrons. The minimum absolute atomic E-state index is 0.0161. The summed E-state index contributed by atoms with van der Waals surface area (Å²) in [7, 11) is 0. The average Bonchev–Trinajstić information content (AvgIpc) is 2.80. The third kappa shape index (κ3) is 5.53. The number of carbonyl (C=O) groups excluding carboxylic acids is 1. The minimum atomic E-state index is -0.526. The fraction of sp³-hybridized carbons (Fsp3) is 0.562. The molecule has 1 aromatic rings. The molecule has 1 amide bonds. The Labute approximate surface area is 148 Å². The quantitative estimate of drug-likeness (QED) is 0.711. The van der Waals surface area contributed by atoms with E-state index in [1.54, 1.807) is 6.07 Å². The lowest BCUT2D eigenvalue weighted by molar-refractivity contribution is 0.0503. The molecule has 0 aliphatic heterocycles. The number of alkyl carbamates (subject to hydrolysis) is 1. The van der Waals surface area contributed by atoms with Crippen LogP contribution in [-0.2, 0) is 4.74 Å². The lowest BCUT2D eigenvalue weighted by Crippen LogP contribution is -2.38. The number of amides is 1. The van der Waals surface area contributed by atoms with Gasteiger partial charge in [-0.25, -0.2) is 9.18 Å². The van der Waals surface area contributed by atoms with E-state index in [9.17, 15) is 9.18 Å². The zero-order valence-corrected chi connectivity index (χ0v) is 15.6. The van der Waals surface area contributed by atoms with Gasteiger partial charge in [0, 0.05) is 23.6 Å². The normalized spacial score (nSPS) is 21.1. The van der Waals surface area contributed by atoms with Crippen molar-refractivity contribution in [1.82, 2.24) is 5.32 Å². The molecule has 1 saturated carbocycles. The molecule has 2 rings (SSSR count). The Balaban J connectivity index is 1.90. The Morgan fingerprint density at radius 2 is 2.09 bits per heavy atom. The number of carbonyl (C=O) groups is 1. The van der Waals surface area contributed by atoms with Crippen molar-refractivity contribution < 1.29 is 18.7 Å². The van der Waals surface area contributed by atoms with Gasteiger partial charge in [-0.1, -0.05) is 11.6 Å². The average molecular weight is 409 g/mol. The number of rotatable bonds is 3. The van der Waals surface area contributed by atoms with Crippen molar-refractivity contribution in [3.8, 4) is 5.75 Å². The van der Waals surface area contributed by atoms with Crippen LogP contribution in [0, 0.1) is 5.82 Å². The summed E-state index contributed by atoms with van der Waals surface area (Å²) in [4.78, 5) is 11.8. The van der Waals surface area contributed by atoms with Gasteiger partial charge in [-0.05, 0) is 55.6 Å². The van der Waals surface area contributed by atoms with Crippen molar-refractivity contribution >= 4 is 33.6 Å². The Kier molecular flexibility index (Phi) is 5.79. The van der Waals surface area contributed by atoms with E-state index in [0.717, 1.165) is 12.8 Å². The SMILES string of the molecule is CC(C)(C)OC(=O)N[C@@H]1CC[C@@H](Oc2cc(Cl)cc(F)c2Br)C1. The molecule has 1 N–H and O–H groups in total. The molecule has 1 fully saturated rings. The van der Waals surface area contributed by atoms with Gasteiger partial charge < -0.3 is 14.8 Å². The first kappa shape index (κ1) is 18.3. The highest BCUT2D eigenvalue weighted by Gasteiger charge is 2.29. The monoisotopic (exact) mass is 407 g/mol. The second kappa shape index (κ2) is 7.26. The molecule has 0 unspecified atom stereocenters. The summed E-state index contributed by atoms with van der Waals surface area (Å²) in [5, 5.41) is 3.12. The van der Waals surface area contributed by atoms with Gasteiger partial charge in [-0.15, -0.1) is 0 Å². The Morgan fingerprint density at radius 3 is 2.74 bits per heavy atom. The predicted molar refractivity (Wildman–Crippen MR) is 90.5 cm³/mol. The van der Waals surface area contributed by atoms with E-state index in [-0.39, 0.29) is 21.6 Å². The van der Waals surface area contributed by atoms with Crippen molar-refractivity contribution in [3.63, 3.8) is 0 Å². The minimum Gasteiger partial charge on any atom is -0.489 e. The zero-order valence-electron chi connectivity index (χ0n) is 13.3. The van der Waals surface area contributed by atoms with Gasteiger partial charge in [0.1, 0.15) is 23.3 Å². The van der Waals surface area contributed by atoms with Crippen molar-refractivity contribution in [2.45, 2.75) is 57.8 Å². The van der Waals surface area contributed by atoms with Gasteiger partial charge >= 0.3 is 6.09 Å². The molecule has 128 valence electrons. The first-order valence-electron chi connectivity index (χ1n) is 7.45. The van der Waals surface area contributed by atoms with Gasteiger partial charge in [-0.3, -0.25) is 0 Å². The standard InChI is InChI=1S/C16H20BrClFNO3/c1-16(2,3)23-15(21)20-10-4-5-11(8-10)22-13-7-9(18)6-12(19)14(13)17/h6-7,10-11H,4-5,8H2,1-3H3,(H,20,21)/t10-,11-/m1/s1. The number of nitrogens with one attached hydrogen (secondary N) is 1. The number of benzene rings is 1. The zero-order chi connectivity index (χ0) is 17.2. The highest BCUT2D eigenvalue weighted by molar-refractivity contribution is 9.10. The van der Waals surface area contributed by atoms with Crippen LogP contribution in [0.25, 0.3) is 0 Å². The van der Waals surface area contributed by atoms with Gasteiger partial charge in [0.05, 0.1) is 4.47 Å². The Morgan fingerprint density at radius 1 is 1.39 bits per heavy atom. The first-order chi connectivity index (χ1) is 10.6. The van der Waals surface area contributed by atoms with Crippen LogP contribution in [0.1, 0.15) is 40.0 Å².